The zero-order valence-corrected chi connectivity index (χ0v) is 26.4. The van der Waals surface area contributed by atoms with E-state index < -0.39 is 58.1 Å². The Morgan fingerprint density at radius 1 is 0.705 bits per heavy atom. The molecule has 0 aromatic carbocycles. The van der Waals surface area contributed by atoms with Gasteiger partial charge >= 0.3 is 23.9 Å². The van der Waals surface area contributed by atoms with Crippen molar-refractivity contribution in [2.75, 3.05) is 0 Å². The molecule has 6 aliphatic rings. The minimum Gasteiger partial charge on any atom is -0.457 e. The molecule has 2 saturated carbocycles. The Balaban J connectivity index is 1.70. The standard InChI is InChI=1S/C34H38O10/c1-15-9-23(37)11-21-13-33(25(17(3)29(39)43-33)27(31(15,21)7)41-19(5)35)34-14-22-12-24(38)10-16(2)32(22,8)28(42-20(6)36)26(34)18(4)30(40)44-34/h11-12,15-16,27-28H,9-10,13-14H2,1-8H3/t15-,16-,27+,28+,31+,32+,33+,34+/m0/s1. The molecule has 0 radical (unpaired) electrons. The third kappa shape index (κ3) is 3.59. The highest BCUT2D eigenvalue weighted by atomic mass is 16.6. The van der Waals surface area contributed by atoms with Crippen LogP contribution in [-0.2, 0) is 47.7 Å². The van der Waals surface area contributed by atoms with Crippen LogP contribution in [0.1, 0.15) is 81.1 Å². The molecule has 8 atom stereocenters. The van der Waals surface area contributed by atoms with Gasteiger partial charge in [-0.15, -0.1) is 0 Å². The van der Waals surface area contributed by atoms with Crippen molar-refractivity contribution in [1.29, 1.82) is 0 Å². The molecule has 10 nitrogen and oxygen atoms in total. The van der Waals surface area contributed by atoms with E-state index in [1.165, 1.54) is 26.0 Å². The number of hydrogen-bond acceptors (Lipinski definition) is 10. The molecule has 0 N–H and O–H groups in total. The van der Waals surface area contributed by atoms with Crippen LogP contribution in [-0.4, -0.2) is 58.9 Å². The number of rotatable bonds is 3. The molecule has 0 saturated heterocycles. The maximum absolute atomic E-state index is 13.7. The summed E-state index contributed by atoms with van der Waals surface area (Å²) in [5.41, 5.74) is -2.91. The molecule has 2 heterocycles. The predicted octanol–water partition coefficient (Wildman–Crippen LogP) is 3.96. The molecule has 4 aliphatic carbocycles. The van der Waals surface area contributed by atoms with Gasteiger partial charge in [0.1, 0.15) is 12.2 Å². The van der Waals surface area contributed by atoms with Crippen LogP contribution in [0.5, 0.6) is 0 Å². The lowest BCUT2D eigenvalue weighted by Gasteiger charge is -2.61. The van der Waals surface area contributed by atoms with Crippen molar-refractivity contribution in [3.05, 3.63) is 45.6 Å². The molecule has 0 bridgehead atoms. The van der Waals surface area contributed by atoms with Crippen molar-refractivity contribution in [1.82, 2.24) is 0 Å². The third-order valence-electron chi connectivity index (χ3n) is 11.7. The van der Waals surface area contributed by atoms with E-state index in [1.54, 1.807) is 13.8 Å². The lowest BCUT2D eigenvalue weighted by atomic mass is 9.46. The second kappa shape index (κ2) is 9.34. The average Bonchev–Trinajstić information content (AvgIpc) is 3.32. The minimum absolute atomic E-state index is 0.0277. The van der Waals surface area contributed by atoms with Crippen LogP contribution in [0.3, 0.4) is 0 Å². The van der Waals surface area contributed by atoms with Gasteiger partial charge in [-0.05, 0) is 37.8 Å². The molecular formula is C34H38O10. The highest BCUT2D eigenvalue weighted by Crippen LogP contribution is 2.69. The Hall–Kier alpha value is -3.82. The first-order valence-electron chi connectivity index (χ1n) is 15.2. The molecule has 2 fully saturated rings. The van der Waals surface area contributed by atoms with Gasteiger partial charge in [0.15, 0.2) is 22.8 Å². The Labute approximate surface area is 255 Å². The smallest absolute Gasteiger partial charge is 0.335 e. The average molecular weight is 607 g/mol. The van der Waals surface area contributed by atoms with E-state index in [0.29, 0.717) is 22.3 Å². The maximum Gasteiger partial charge on any atom is 0.335 e. The molecule has 0 spiro atoms. The predicted molar refractivity (Wildman–Crippen MR) is 153 cm³/mol. The number of fused-ring (bicyclic) bond motifs is 5. The van der Waals surface area contributed by atoms with E-state index in [4.69, 9.17) is 18.9 Å². The Kier molecular flexibility index (Phi) is 6.42. The summed E-state index contributed by atoms with van der Waals surface area (Å²) < 4.78 is 24.9. The van der Waals surface area contributed by atoms with Gasteiger partial charge in [0.25, 0.3) is 0 Å². The van der Waals surface area contributed by atoms with E-state index in [-0.39, 0.29) is 60.2 Å². The van der Waals surface area contributed by atoms with Gasteiger partial charge in [0.05, 0.1) is 0 Å². The summed E-state index contributed by atoms with van der Waals surface area (Å²) in [5.74, 6) is -3.30. The van der Waals surface area contributed by atoms with Crippen molar-refractivity contribution in [2.24, 2.45) is 22.7 Å². The van der Waals surface area contributed by atoms with Crippen LogP contribution in [0.15, 0.2) is 45.6 Å². The van der Waals surface area contributed by atoms with Crippen molar-refractivity contribution < 1.29 is 47.7 Å². The Bertz CT molecular complexity index is 1490. The van der Waals surface area contributed by atoms with Gasteiger partial charge in [-0.1, -0.05) is 38.8 Å². The first-order chi connectivity index (χ1) is 20.4. The van der Waals surface area contributed by atoms with Crippen LogP contribution < -0.4 is 0 Å². The number of ketones is 2. The zero-order chi connectivity index (χ0) is 32.3. The van der Waals surface area contributed by atoms with Crippen molar-refractivity contribution in [2.45, 2.75) is 104 Å². The van der Waals surface area contributed by atoms with Crippen LogP contribution in [0, 0.1) is 22.7 Å². The summed E-state index contributed by atoms with van der Waals surface area (Å²) >= 11 is 0. The first kappa shape index (κ1) is 30.2. The number of carbonyl (C=O) groups is 6. The van der Waals surface area contributed by atoms with Gasteiger partial charge in [-0.2, -0.15) is 0 Å². The van der Waals surface area contributed by atoms with Crippen LogP contribution >= 0.6 is 0 Å². The molecule has 6 rings (SSSR count). The lowest BCUT2D eigenvalue weighted by molar-refractivity contribution is -0.203. The Morgan fingerprint density at radius 3 is 1.36 bits per heavy atom. The SMILES string of the molecule is CC(=O)O[C@@H]1C2=C(C)C(=O)O[C@]2([C@@]23CC4=CC(=O)C[C@H](C)[C@@]4(C)[C@H](OC(C)=O)C2=C(C)C(=O)O3)CC2=CC(=O)C[C@H](C)[C@]21C. The van der Waals surface area contributed by atoms with Crippen molar-refractivity contribution in [3.63, 3.8) is 0 Å². The second-order valence-corrected chi connectivity index (χ2v) is 13.9. The topological polar surface area (TPSA) is 139 Å². The molecule has 44 heavy (non-hydrogen) atoms. The molecule has 0 unspecified atom stereocenters. The van der Waals surface area contributed by atoms with Crippen molar-refractivity contribution in [3.8, 4) is 0 Å². The minimum atomic E-state index is -1.76. The van der Waals surface area contributed by atoms with Crippen LogP contribution in [0.25, 0.3) is 0 Å². The fourth-order valence-electron chi connectivity index (χ4n) is 9.02. The number of allylic oxidation sites excluding steroid dienone is 2. The summed E-state index contributed by atoms with van der Waals surface area (Å²) in [4.78, 5) is 78.9. The normalized spacial score (nSPS) is 41.1. The number of esters is 4. The summed E-state index contributed by atoms with van der Waals surface area (Å²) in [5, 5.41) is 0. The largest absolute Gasteiger partial charge is 0.457 e. The van der Waals surface area contributed by atoms with Gasteiger partial charge in [-0.25, -0.2) is 9.59 Å². The third-order valence-corrected chi connectivity index (χ3v) is 11.7. The van der Waals surface area contributed by atoms with Gasteiger partial charge in [-0.3, -0.25) is 19.2 Å². The van der Waals surface area contributed by atoms with E-state index in [2.05, 4.69) is 0 Å². The van der Waals surface area contributed by atoms with Crippen molar-refractivity contribution >= 4 is 35.4 Å². The fraction of sp³-hybridized carbons (Fsp3) is 0.588. The van der Waals surface area contributed by atoms with Gasteiger partial charge in [0.2, 0.25) is 0 Å². The van der Waals surface area contributed by atoms with Gasteiger partial charge in [0, 0.05) is 72.7 Å². The summed E-state index contributed by atoms with van der Waals surface area (Å²) in [6.45, 7) is 13.4. The molecule has 2 aliphatic heterocycles. The van der Waals surface area contributed by atoms with Crippen LogP contribution in [0.4, 0.5) is 0 Å². The van der Waals surface area contributed by atoms with Crippen LogP contribution in [0.2, 0.25) is 0 Å². The number of hydrogen-bond donors (Lipinski definition) is 0. The summed E-state index contributed by atoms with van der Waals surface area (Å²) in [6.07, 6.45) is 1.37. The highest BCUT2D eigenvalue weighted by Gasteiger charge is 2.77. The molecule has 0 aromatic rings. The first-order valence-corrected chi connectivity index (χ1v) is 15.2. The monoisotopic (exact) mass is 606 g/mol. The van der Waals surface area contributed by atoms with E-state index in [0.717, 1.165) is 0 Å². The quantitative estimate of drug-likeness (QED) is 0.343. The summed E-state index contributed by atoms with van der Waals surface area (Å²) in [6, 6.07) is 0. The van der Waals surface area contributed by atoms with E-state index in [9.17, 15) is 28.8 Å². The summed E-state index contributed by atoms with van der Waals surface area (Å²) in [7, 11) is 0. The second-order valence-electron chi connectivity index (χ2n) is 13.9. The lowest BCUT2D eigenvalue weighted by Crippen LogP contribution is -2.69. The fourth-order valence-corrected chi connectivity index (χ4v) is 9.02. The van der Waals surface area contributed by atoms with E-state index >= 15 is 0 Å². The van der Waals surface area contributed by atoms with Gasteiger partial charge < -0.3 is 18.9 Å². The highest BCUT2D eigenvalue weighted by molar-refractivity contribution is 5.99. The molecule has 234 valence electrons. The molecular weight excluding hydrogens is 568 g/mol. The Morgan fingerprint density at radius 2 is 1.05 bits per heavy atom. The zero-order valence-electron chi connectivity index (χ0n) is 26.4. The van der Waals surface area contributed by atoms with E-state index in [1.807, 2.05) is 27.7 Å². The number of carbonyl (C=O) groups excluding carboxylic acids is 6. The molecule has 0 aromatic heterocycles. The molecule has 10 heteroatoms. The maximum atomic E-state index is 13.7. The molecule has 0 amide bonds. The number of ether oxygens (including phenoxy) is 4.